The van der Waals surface area contributed by atoms with Gasteiger partial charge in [0.15, 0.2) is 5.11 Å². The predicted molar refractivity (Wildman–Crippen MR) is 108 cm³/mol. The molecule has 0 amide bonds. The fourth-order valence-corrected chi connectivity index (χ4v) is 3.18. The van der Waals surface area contributed by atoms with Crippen molar-refractivity contribution in [2.45, 2.75) is 12.4 Å². The molecule has 156 valence electrons. The molecule has 0 heterocycles. The Morgan fingerprint density at radius 1 is 0.633 bits per heavy atom. The van der Waals surface area contributed by atoms with E-state index in [9.17, 15) is 26.3 Å². The van der Waals surface area contributed by atoms with E-state index in [1.807, 2.05) is 0 Å². The average Bonchev–Trinajstić information content (AvgIpc) is 2.68. The van der Waals surface area contributed by atoms with Crippen molar-refractivity contribution >= 4 is 34.4 Å². The molecule has 3 aromatic rings. The molecule has 0 saturated heterocycles. The van der Waals surface area contributed by atoms with Crippen LogP contribution in [0.5, 0.6) is 0 Å². The standard InChI is InChI=1S/C21H14F6N2S/c22-20(23,24)15-10-4-6-12-17(15)29(19(30)28-14-8-2-1-3-9-14)18-13-7-5-11-16(18)21(25,26)27/h1-13H,(H,28,30). The topological polar surface area (TPSA) is 15.3 Å². The number of halogens is 6. The first-order valence-electron chi connectivity index (χ1n) is 8.57. The van der Waals surface area contributed by atoms with Gasteiger partial charge in [-0.25, -0.2) is 0 Å². The molecule has 0 aromatic heterocycles. The summed E-state index contributed by atoms with van der Waals surface area (Å²) in [6.45, 7) is 0. The van der Waals surface area contributed by atoms with Gasteiger partial charge in [0.1, 0.15) is 0 Å². The van der Waals surface area contributed by atoms with Gasteiger partial charge in [-0.3, -0.25) is 4.90 Å². The second-order valence-electron chi connectivity index (χ2n) is 6.16. The second-order valence-corrected chi connectivity index (χ2v) is 6.55. The molecular weight excluding hydrogens is 426 g/mol. The molecule has 1 N–H and O–H groups in total. The molecule has 0 aliphatic heterocycles. The van der Waals surface area contributed by atoms with Crippen molar-refractivity contribution in [1.82, 2.24) is 0 Å². The maximum atomic E-state index is 13.6. The fourth-order valence-electron chi connectivity index (χ4n) is 2.87. The van der Waals surface area contributed by atoms with E-state index in [4.69, 9.17) is 12.2 Å². The molecule has 0 bridgehead atoms. The molecule has 2 nitrogen and oxygen atoms in total. The van der Waals surface area contributed by atoms with Crippen molar-refractivity contribution in [3.8, 4) is 0 Å². The Bertz CT molecular complexity index is 974. The molecule has 3 aromatic carbocycles. The molecule has 9 heteroatoms. The van der Waals surface area contributed by atoms with Crippen LogP contribution in [0.4, 0.5) is 43.4 Å². The molecule has 0 aliphatic rings. The molecular formula is C21H14F6N2S. The van der Waals surface area contributed by atoms with Gasteiger partial charge in [-0.2, -0.15) is 26.3 Å². The summed E-state index contributed by atoms with van der Waals surface area (Å²) >= 11 is 5.27. The van der Waals surface area contributed by atoms with Crippen LogP contribution in [0.15, 0.2) is 78.9 Å². The molecule has 0 spiro atoms. The zero-order valence-corrected chi connectivity index (χ0v) is 15.9. The van der Waals surface area contributed by atoms with E-state index in [1.165, 1.54) is 12.1 Å². The lowest BCUT2D eigenvalue weighted by Crippen LogP contribution is -2.33. The first kappa shape index (κ1) is 21.6. The third-order valence-electron chi connectivity index (χ3n) is 4.13. The highest BCUT2D eigenvalue weighted by Gasteiger charge is 2.39. The van der Waals surface area contributed by atoms with E-state index >= 15 is 0 Å². The summed E-state index contributed by atoms with van der Waals surface area (Å²) in [6, 6.07) is 16.9. The molecule has 3 rings (SSSR count). The van der Waals surface area contributed by atoms with Gasteiger partial charge in [0.25, 0.3) is 0 Å². The Kier molecular flexibility index (Phi) is 6.02. The SMILES string of the molecule is FC(F)(F)c1ccccc1N(C(=S)Nc1ccccc1)c1ccccc1C(F)(F)F. The summed E-state index contributed by atoms with van der Waals surface area (Å²) in [7, 11) is 0. The number of nitrogens with zero attached hydrogens (tertiary/aromatic N) is 1. The van der Waals surface area contributed by atoms with Crippen LogP contribution in [0.2, 0.25) is 0 Å². The van der Waals surface area contributed by atoms with E-state index < -0.39 is 34.9 Å². The Morgan fingerprint density at radius 2 is 1.03 bits per heavy atom. The number of para-hydroxylation sites is 3. The van der Waals surface area contributed by atoms with Crippen LogP contribution < -0.4 is 10.2 Å². The molecule has 30 heavy (non-hydrogen) atoms. The van der Waals surface area contributed by atoms with Crippen LogP contribution in [-0.2, 0) is 12.4 Å². The number of hydrogen-bond donors (Lipinski definition) is 1. The van der Waals surface area contributed by atoms with E-state index in [1.54, 1.807) is 30.3 Å². The van der Waals surface area contributed by atoms with Crippen LogP contribution in [0.1, 0.15) is 11.1 Å². The highest BCUT2D eigenvalue weighted by atomic mass is 32.1. The first-order valence-corrected chi connectivity index (χ1v) is 8.98. The van der Waals surface area contributed by atoms with Crippen molar-refractivity contribution in [2.24, 2.45) is 0 Å². The van der Waals surface area contributed by atoms with Crippen molar-refractivity contribution < 1.29 is 26.3 Å². The van der Waals surface area contributed by atoms with Gasteiger partial charge in [-0.05, 0) is 48.6 Å². The third kappa shape index (κ3) is 4.73. The minimum atomic E-state index is -4.80. The zero-order chi connectivity index (χ0) is 21.9. The smallest absolute Gasteiger partial charge is 0.332 e. The van der Waals surface area contributed by atoms with E-state index in [2.05, 4.69) is 5.32 Å². The maximum absolute atomic E-state index is 13.6. The number of thiocarbonyl (C=S) groups is 1. The van der Waals surface area contributed by atoms with E-state index in [0.29, 0.717) is 5.69 Å². The van der Waals surface area contributed by atoms with Crippen LogP contribution in [-0.4, -0.2) is 5.11 Å². The predicted octanol–water partition coefficient (Wildman–Crippen LogP) is 7.26. The molecule has 0 unspecified atom stereocenters. The lowest BCUT2D eigenvalue weighted by atomic mass is 10.1. The van der Waals surface area contributed by atoms with E-state index in [0.717, 1.165) is 41.3 Å². The van der Waals surface area contributed by atoms with E-state index in [-0.39, 0.29) is 5.11 Å². The Labute approximate surface area is 173 Å². The number of rotatable bonds is 3. The minimum Gasteiger partial charge on any atom is -0.332 e. The maximum Gasteiger partial charge on any atom is 0.418 e. The largest absolute Gasteiger partial charge is 0.418 e. The first-order chi connectivity index (χ1) is 14.1. The molecule has 0 radical (unpaired) electrons. The monoisotopic (exact) mass is 440 g/mol. The summed E-state index contributed by atoms with van der Waals surface area (Å²) in [4.78, 5) is 0.758. The lowest BCUT2D eigenvalue weighted by Gasteiger charge is -2.30. The average molecular weight is 440 g/mol. The summed E-state index contributed by atoms with van der Waals surface area (Å²) in [5.74, 6) is 0. The highest BCUT2D eigenvalue weighted by molar-refractivity contribution is 7.80. The number of nitrogens with one attached hydrogen (secondary N) is 1. The number of alkyl halides is 6. The number of benzene rings is 3. The van der Waals surface area contributed by atoms with Crippen molar-refractivity contribution in [3.63, 3.8) is 0 Å². The zero-order valence-electron chi connectivity index (χ0n) is 15.1. The van der Waals surface area contributed by atoms with Gasteiger partial charge >= 0.3 is 12.4 Å². The van der Waals surface area contributed by atoms with Crippen LogP contribution in [0, 0.1) is 0 Å². The van der Waals surface area contributed by atoms with Crippen LogP contribution >= 0.6 is 12.2 Å². The minimum absolute atomic E-state index is 0.338. The molecule has 0 atom stereocenters. The third-order valence-corrected chi connectivity index (χ3v) is 4.41. The van der Waals surface area contributed by atoms with Gasteiger partial charge in [-0.1, -0.05) is 42.5 Å². The van der Waals surface area contributed by atoms with Crippen molar-refractivity contribution in [1.29, 1.82) is 0 Å². The molecule has 0 aliphatic carbocycles. The molecule has 0 fully saturated rings. The van der Waals surface area contributed by atoms with Gasteiger partial charge < -0.3 is 5.32 Å². The summed E-state index contributed by atoms with van der Waals surface area (Å²) in [5.41, 5.74) is -2.84. The fraction of sp³-hybridized carbons (Fsp3) is 0.0952. The van der Waals surface area contributed by atoms with Crippen molar-refractivity contribution in [2.75, 3.05) is 10.2 Å². The van der Waals surface area contributed by atoms with Crippen LogP contribution in [0.3, 0.4) is 0 Å². The molecule has 0 saturated carbocycles. The number of anilines is 3. The summed E-state index contributed by atoms with van der Waals surface area (Å²) < 4.78 is 81.8. The van der Waals surface area contributed by atoms with Gasteiger partial charge in [0.2, 0.25) is 0 Å². The van der Waals surface area contributed by atoms with Gasteiger partial charge in [-0.15, -0.1) is 0 Å². The Hall–Kier alpha value is -3.07. The quantitative estimate of drug-likeness (QED) is 0.341. The second kappa shape index (κ2) is 8.35. The Morgan fingerprint density at radius 3 is 1.47 bits per heavy atom. The summed E-state index contributed by atoms with van der Waals surface area (Å²) in [6.07, 6.45) is -9.60. The Balaban J connectivity index is 2.21. The summed E-state index contributed by atoms with van der Waals surface area (Å²) in [5, 5.41) is 2.38. The number of hydrogen-bond acceptors (Lipinski definition) is 1. The van der Waals surface area contributed by atoms with Gasteiger partial charge in [0.05, 0.1) is 22.5 Å². The van der Waals surface area contributed by atoms with Crippen molar-refractivity contribution in [3.05, 3.63) is 90.0 Å². The van der Waals surface area contributed by atoms with Gasteiger partial charge in [0, 0.05) is 5.69 Å². The normalized spacial score (nSPS) is 11.8. The van der Waals surface area contributed by atoms with Crippen LogP contribution in [0.25, 0.3) is 0 Å². The highest BCUT2D eigenvalue weighted by Crippen LogP contribution is 2.43. The lowest BCUT2D eigenvalue weighted by molar-refractivity contribution is -0.137.